The van der Waals surface area contributed by atoms with E-state index in [4.69, 9.17) is 20.9 Å². The maximum atomic E-state index is 14.1. The number of halogens is 1. The van der Waals surface area contributed by atoms with E-state index >= 15 is 0 Å². The summed E-state index contributed by atoms with van der Waals surface area (Å²) in [6.45, 7) is 0.0512. The van der Waals surface area contributed by atoms with Crippen molar-refractivity contribution >= 4 is 34.9 Å². The van der Waals surface area contributed by atoms with Crippen molar-refractivity contribution in [1.29, 1.82) is 0 Å². The average Bonchev–Trinajstić information content (AvgIpc) is 3.55. The summed E-state index contributed by atoms with van der Waals surface area (Å²) in [7, 11) is 0. The third kappa shape index (κ3) is 5.65. The van der Waals surface area contributed by atoms with Crippen LogP contribution in [0.25, 0.3) is 0 Å². The van der Waals surface area contributed by atoms with Gasteiger partial charge in [0.1, 0.15) is 16.7 Å². The third-order valence-electron chi connectivity index (χ3n) is 6.90. The van der Waals surface area contributed by atoms with Gasteiger partial charge in [0, 0.05) is 12.6 Å². The Morgan fingerprint density at radius 1 is 1.08 bits per heavy atom. The van der Waals surface area contributed by atoms with Gasteiger partial charge in [-0.25, -0.2) is 4.39 Å². The van der Waals surface area contributed by atoms with E-state index in [0.717, 1.165) is 43.6 Å². The molecule has 10 nitrogen and oxygen atoms in total. The molecule has 0 bridgehead atoms. The number of amides is 3. The van der Waals surface area contributed by atoms with Gasteiger partial charge in [-0.05, 0) is 59.8 Å². The van der Waals surface area contributed by atoms with E-state index in [9.17, 15) is 18.8 Å². The van der Waals surface area contributed by atoms with Crippen molar-refractivity contribution in [2.75, 3.05) is 12.5 Å². The second-order valence-corrected chi connectivity index (χ2v) is 10.3. The highest BCUT2D eigenvalue weighted by molar-refractivity contribution is 7.09. The average molecular weight is 554 g/mol. The Balaban J connectivity index is 1.57. The maximum absolute atomic E-state index is 14.1. The van der Waals surface area contributed by atoms with Gasteiger partial charge in [-0.15, -0.1) is 0 Å². The highest BCUT2D eigenvalue weighted by Crippen LogP contribution is 2.35. The topological polar surface area (TPSA) is 150 Å². The lowest BCUT2D eigenvalue weighted by Gasteiger charge is -2.33. The lowest BCUT2D eigenvalue weighted by Crippen LogP contribution is -2.46. The highest BCUT2D eigenvalue weighted by atomic mass is 32.1. The number of nitrogens with two attached hydrogens (primary N) is 2. The molecule has 0 unspecified atom stereocenters. The first-order valence-corrected chi connectivity index (χ1v) is 13.4. The summed E-state index contributed by atoms with van der Waals surface area (Å²) >= 11 is 0.731. The summed E-state index contributed by atoms with van der Waals surface area (Å²) in [4.78, 5) is 41.1. The number of nitrogens with zero attached hydrogens (tertiary/aromatic N) is 2. The van der Waals surface area contributed by atoms with E-state index in [2.05, 4.69) is 9.69 Å². The molecule has 1 fully saturated rings. The summed E-state index contributed by atoms with van der Waals surface area (Å²) in [5, 5.41) is 3.10. The van der Waals surface area contributed by atoms with Crippen LogP contribution in [0, 0.1) is 5.82 Å². The van der Waals surface area contributed by atoms with E-state index in [1.54, 1.807) is 18.2 Å². The molecule has 3 amide bonds. The number of carbonyl (C=O) groups is 3. The zero-order valence-electron chi connectivity index (χ0n) is 21.0. The predicted molar refractivity (Wildman–Crippen MR) is 142 cm³/mol. The summed E-state index contributed by atoms with van der Waals surface area (Å²) in [5.74, 6) is -1.28. The van der Waals surface area contributed by atoms with Gasteiger partial charge in [0.25, 0.3) is 11.8 Å². The molecule has 0 radical (unpaired) electrons. The minimum atomic E-state index is -1.14. The zero-order valence-corrected chi connectivity index (χ0v) is 21.8. The Kier molecular flexibility index (Phi) is 7.64. The SMILES string of the molecule is NC(=O)c1nsc(C(=O)N(Cc2ccc3c(c2)OCO3)[C@@H](C(=O)NC2CCCCC2)c2ccc(F)cc2)c1N. The Hall–Kier alpha value is -4.19. The molecule has 2 aliphatic rings. The van der Waals surface area contributed by atoms with Crippen LogP contribution in [0.4, 0.5) is 10.1 Å². The standard InChI is InChI=1S/C27H28FN5O5S/c28-17-9-7-16(8-10-17)23(26(35)31-18-4-2-1-3-5-18)33(13-15-6-11-19-20(12-15)38-14-37-19)27(36)24-21(29)22(25(30)34)32-39-24/h6-12,18,23H,1-5,13-14,29H2,(H2,30,34)(H,31,35)/t23-/m1/s1. The van der Waals surface area contributed by atoms with Crippen LogP contribution in [0.3, 0.4) is 0 Å². The molecule has 2 heterocycles. The molecule has 204 valence electrons. The van der Waals surface area contributed by atoms with Gasteiger partial charge in [-0.3, -0.25) is 14.4 Å². The van der Waals surface area contributed by atoms with Crippen molar-refractivity contribution in [2.24, 2.45) is 5.73 Å². The number of nitrogens with one attached hydrogen (secondary N) is 1. The van der Waals surface area contributed by atoms with Crippen LogP contribution in [0.5, 0.6) is 11.5 Å². The van der Waals surface area contributed by atoms with Crippen molar-refractivity contribution < 1.29 is 28.2 Å². The van der Waals surface area contributed by atoms with E-state index in [1.165, 1.54) is 29.2 Å². The summed E-state index contributed by atoms with van der Waals surface area (Å²) in [6.07, 6.45) is 4.78. The number of benzene rings is 2. The van der Waals surface area contributed by atoms with Crippen molar-refractivity contribution in [1.82, 2.24) is 14.6 Å². The van der Waals surface area contributed by atoms with E-state index in [0.29, 0.717) is 22.6 Å². The number of hydrogen-bond donors (Lipinski definition) is 3. The van der Waals surface area contributed by atoms with Crippen molar-refractivity contribution in [3.8, 4) is 11.5 Å². The maximum Gasteiger partial charge on any atom is 0.270 e. The van der Waals surface area contributed by atoms with Crippen molar-refractivity contribution in [2.45, 2.75) is 50.7 Å². The lowest BCUT2D eigenvalue weighted by atomic mass is 9.94. The number of fused-ring (bicyclic) bond motifs is 1. The number of anilines is 1. The Bertz CT molecular complexity index is 1390. The highest BCUT2D eigenvalue weighted by Gasteiger charge is 2.36. The lowest BCUT2D eigenvalue weighted by molar-refractivity contribution is -0.127. The number of primary amides is 1. The normalized spacial score (nSPS) is 15.5. The second kappa shape index (κ2) is 11.3. The molecule has 5 N–H and O–H groups in total. The molecular formula is C27H28FN5O5S. The predicted octanol–water partition coefficient (Wildman–Crippen LogP) is 3.52. The van der Waals surface area contributed by atoms with Crippen LogP contribution >= 0.6 is 11.5 Å². The summed E-state index contributed by atoms with van der Waals surface area (Å²) in [5.41, 5.74) is 12.2. The van der Waals surface area contributed by atoms with E-state index in [1.807, 2.05) is 0 Å². The van der Waals surface area contributed by atoms with Gasteiger partial charge in [-0.1, -0.05) is 37.5 Å². The zero-order chi connectivity index (χ0) is 27.5. The fourth-order valence-electron chi connectivity index (χ4n) is 4.92. The molecule has 1 aliphatic heterocycles. The molecule has 1 saturated carbocycles. The summed E-state index contributed by atoms with van der Waals surface area (Å²) in [6, 6.07) is 9.49. The Morgan fingerprint density at radius 2 is 1.79 bits per heavy atom. The third-order valence-corrected chi connectivity index (χ3v) is 7.75. The van der Waals surface area contributed by atoms with Crippen molar-refractivity contribution in [3.63, 3.8) is 0 Å². The van der Waals surface area contributed by atoms with Crippen LogP contribution in [0.1, 0.15) is 69.4 Å². The molecule has 12 heteroatoms. The molecule has 0 saturated heterocycles. The van der Waals surface area contributed by atoms with E-state index < -0.39 is 29.6 Å². The number of ether oxygens (including phenoxy) is 2. The molecule has 0 spiro atoms. The smallest absolute Gasteiger partial charge is 0.270 e. The van der Waals surface area contributed by atoms with Gasteiger partial charge in [-0.2, -0.15) is 4.37 Å². The fourth-order valence-corrected chi connectivity index (χ4v) is 5.68. The number of carbonyl (C=O) groups excluding carboxylic acids is 3. The largest absolute Gasteiger partial charge is 0.454 e. The number of rotatable bonds is 8. The van der Waals surface area contributed by atoms with Gasteiger partial charge in [0.05, 0.1) is 5.69 Å². The quantitative estimate of drug-likeness (QED) is 0.386. The van der Waals surface area contributed by atoms with Gasteiger partial charge < -0.3 is 31.2 Å². The second-order valence-electron chi connectivity index (χ2n) is 9.56. The van der Waals surface area contributed by atoms with Crippen LogP contribution in [-0.4, -0.2) is 39.8 Å². The van der Waals surface area contributed by atoms with E-state index in [-0.39, 0.29) is 35.6 Å². The molecule has 1 aliphatic carbocycles. The first kappa shape index (κ1) is 26.4. The number of nitrogen functional groups attached to an aromatic ring is 1. The molecule has 2 aromatic carbocycles. The molecule has 39 heavy (non-hydrogen) atoms. The first-order chi connectivity index (χ1) is 18.8. The molecule has 5 rings (SSSR count). The van der Waals surface area contributed by atoms with Gasteiger partial charge in [0.15, 0.2) is 17.2 Å². The van der Waals surface area contributed by atoms with Gasteiger partial charge in [0.2, 0.25) is 12.7 Å². The van der Waals surface area contributed by atoms with Crippen molar-refractivity contribution in [3.05, 3.63) is 70.0 Å². The Labute approximate surface area is 228 Å². The first-order valence-electron chi connectivity index (χ1n) is 12.6. The molecule has 1 atom stereocenters. The Morgan fingerprint density at radius 3 is 2.49 bits per heavy atom. The minimum absolute atomic E-state index is 0.0258. The number of hydrogen-bond acceptors (Lipinski definition) is 8. The van der Waals surface area contributed by atoms with Gasteiger partial charge >= 0.3 is 0 Å². The summed E-state index contributed by atoms with van der Waals surface area (Å²) < 4.78 is 28.7. The monoisotopic (exact) mass is 553 g/mol. The molecular weight excluding hydrogens is 525 g/mol. The van der Waals surface area contributed by atoms with Crippen LogP contribution in [0.15, 0.2) is 42.5 Å². The van der Waals surface area contributed by atoms with Crippen LogP contribution in [0.2, 0.25) is 0 Å². The van der Waals surface area contributed by atoms with Crippen LogP contribution < -0.4 is 26.3 Å². The number of aromatic nitrogens is 1. The fraction of sp³-hybridized carbons (Fsp3) is 0.333. The van der Waals surface area contributed by atoms with Crippen LogP contribution in [-0.2, 0) is 11.3 Å². The molecule has 1 aromatic heterocycles. The molecule has 3 aromatic rings. The minimum Gasteiger partial charge on any atom is -0.454 e.